The first-order valence-electron chi connectivity index (χ1n) is 4.45. The fourth-order valence-corrected chi connectivity index (χ4v) is 1.29. The van der Waals surface area contributed by atoms with Gasteiger partial charge in [-0.05, 0) is 18.8 Å². The van der Waals surface area contributed by atoms with Crippen molar-refractivity contribution in [3.8, 4) is 0 Å². The van der Waals surface area contributed by atoms with E-state index in [1.54, 1.807) is 0 Å². The van der Waals surface area contributed by atoms with E-state index in [4.69, 9.17) is 0 Å². The van der Waals surface area contributed by atoms with Crippen LogP contribution in [0.1, 0.15) is 40.5 Å². The summed E-state index contributed by atoms with van der Waals surface area (Å²) in [6.45, 7) is 8.36. The van der Waals surface area contributed by atoms with Gasteiger partial charge in [0.2, 0.25) is 0 Å². The molecule has 66 valence electrons. The SMILES string of the molecule is CCC[C@H](C)C(C)C(C)N=O. The van der Waals surface area contributed by atoms with Gasteiger partial charge in [-0.25, -0.2) is 0 Å². The van der Waals surface area contributed by atoms with Gasteiger partial charge in [-0.3, -0.25) is 0 Å². The van der Waals surface area contributed by atoms with Gasteiger partial charge in [0.15, 0.2) is 0 Å². The van der Waals surface area contributed by atoms with E-state index in [0.717, 1.165) is 0 Å². The molecule has 2 heteroatoms. The van der Waals surface area contributed by atoms with Crippen LogP contribution in [0.2, 0.25) is 0 Å². The summed E-state index contributed by atoms with van der Waals surface area (Å²) in [7, 11) is 0. The predicted molar refractivity (Wildman–Crippen MR) is 48.5 cm³/mol. The number of rotatable bonds is 5. The summed E-state index contributed by atoms with van der Waals surface area (Å²) in [5.74, 6) is 1.04. The van der Waals surface area contributed by atoms with Crippen molar-refractivity contribution < 1.29 is 0 Å². The largest absolute Gasteiger partial charge is 0.151 e. The third-order valence-corrected chi connectivity index (χ3v) is 2.57. The molecule has 2 unspecified atom stereocenters. The highest BCUT2D eigenvalue weighted by atomic mass is 16.3. The van der Waals surface area contributed by atoms with Gasteiger partial charge in [0.05, 0.1) is 6.04 Å². The number of nitroso groups, excluding NO2 is 1. The zero-order chi connectivity index (χ0) is 8.85. The average molecular weight is 157 g/mol. The Labute approximate surface area is 69.4 Å². The summed E-state index contributed by atoms with van der Waals surface area (Å²) < 4.78 is 0. The highest BCUT2D eigenvalue weighted by Gasteiger charge is 2.18. The van der Waals surface area contributed by atoms with Gasteiger partial charge in [-0.1, -0.05) is 38.8 Å². The first-order chi connectivity index (χ1) is 5.13. The maximum absolute atomic E-state index is 10.2. The molecule has 0 heterocycles. The Balaban J connectivity index is 3.79. The molecular weight excluding hydrogens is 138 g/mol. The van der Waals surface area contributed by atoms with Gasteiger partial charge < -0.3 is 0 Å². The van der Waals surface area contributed by atoms with Crippen LogP contribution in [0.5, 0.6) is 0 Å². The lowest BCUT2D eigenvalue weighted by Gasteiger charge is -2.20. The lowest BCUT2D eigenvalue weighted by molar-refractivity contribution is 0.318. The van der Waals surface area contributed by atoms with Crippen LogP contribution in [0.15, 0.2) is 5.18 Å². The maximum Gasteiger partial charge on any atom is 0.0919 e. The summed E-state index contributed by atoms with van der Waals surface area (Å²) >= 11 is 0. The first kappa shape index (κ1) is 10.6. The monoisotopic (exact) mass is 157 g/mol. The Hall–Kier alpha value is -0.400. The molecule has 0 bridgehead atoms. The number of hydrogen-bond acceptors (Lipinski definition) is 2. The molecule has 0 aliphatic carbocycles. The number of nitrogens with zero attached hydrogens (tertiary/aromatic N) is 1. The molecular formula is C9H19NO. The topological polar surface area (TPSA) is 29.4 Å². The van der Waals surface area contributed by atoms with Crippen LogP contribution >= 0.6 is 0 Å². The Kier molecular flexibility index (Phi) is 5.08. The second kappa shape index (κ2) is 5.28. The third-order valence-electron chi connectivity index (χ3n) is 2.57. The standard InChI is InChI=1S/C9H19NO/c1-5-6-7(2)8(3)9(4)10-11/h7-9H,5-6H2,1-4H3/t7-,8?,9?/m0/s1. The van der Waals surface area contributed by atoms with Gasteiger partial charge in [0.1, 0.15) is 0 Å². The van der Waals surface area contributed by atoms with Gasteiger partial charge in [-0.15, -0.1) is 0 Å². The molecule has 0 rings (SSSR count). The molecule has 3 atom stereocenters. The zero-order valence-corrected chi connectivity index (χ0v) is 8.00. The molecule has 0 aliphatic heterocycles. The third kappa shape index (κ3) is 3.49. The van der Waals surface area contributed by atoms with Crippen LogP contribution in [0, 0.1) is 16.7 Å². The van der Waals surface area contributed by atoms with Crippen LogP contribution in [0.25, 0.3) is 0 Å². The van der Waals surface area contributed by atoms with E-state index in [1.165, 1.54) is 12.8 Å². The van der Waals surface area contributed by atoms with Crippen LogP contribution in [0.3, 0.4) is 0 Å². The second-order valence-electron chi connectivity index (χ2n) is 3.47. The van der Waals surface area contributed by atoms with Crippen molar-refractivity contribution in [3.63, 3.8) is 0 Å². The zero-order valence-electron chi connectivity index (χ0n) is 8.00. The summed E-state index contributed by atoms with van der Waals surface area (Å²) in [5.41, 5.74) is 0. The van der Waals surface area contributed by atoms with Crippen LogP contribution < -0.4 is 0 Å². The van der Waals surface area contributed by atoms with Gasteiger partial charge >= 0.3 is 0 Å². The summed E-state index contributed by atoms with van der Waals surface area (Å²) in [6, 6.07) is -0.0310. The van der Waals surface area contributed by atoms with E-state index in [9.17, 15) is 4.91 Å². The van der Waals surface area contributed by atoms with E-state index in [0.29, 0.717) is 11.8 Å². The van der Waals surface area contributed by atoms with E-state index in [-0.39, 0.29) is 6.04 Å². The molecule has 0 aliphatic rings. The van der Waals surface area contributed by atoms with Crippen LogP contribution in [-0.4, -0.2) is 6.04 Å². The molecule has 2 nitrogen and oxygen atoms in total. The first-order valence-corrected chi connectivity index (χ1v) is 4.45. The Bertz CT molecular complexity index is 114. The molecule has 0 radical (unpaired) electrons. The summed E-state index contributed by atoms with van der Waals surface area (Å²) in [6.07, 6.45) is 2.39. The lowest BCUT2D eigenvalue weighted by atomic mass is 9.87. The van der Waals surface area contributed by atoms with Crippen LogP contribution in [0.4, 0.5) is 0 Å². The molecule has 0 aromatic carbocycles. The van der Waals surface area contributed by atoms with Gasteiger partial charge in [0, 0.05) is 0 Å². The predicted octanol–water partition coefficient (Wildman–Crippen LogP) is 3.21. The van der Waals surface area contributed by atoms with E-state index >= 15 is 0 Å². The van der Waals surface area contributed by atoms with Crippen molar-refractivity contribution in [3.05, 3.63) is 4.91 Å². The fraction of sp³-hybridized carbons (Fsp3) is 1.00. The minimum Gasteiger partial charge on any atom is -0.151 e. The van der Waals surface area contributed by atoms with Crippen molar-refractivity contribution >= 4 is 0 Å². The Morgan fingerprint density at radius 1 is 1.27 bits per heavy atom. The molecule has 0 fully saturated rings. The van der Waals surface area contributed by atoms with Crippen molar-refractivity contribution in [1.29, 1.82) is 0 Å². The molecule has 0 saturated carbocycles. The summed E-state index contributed by atoms with van der Waals surface area (Å²) in [4.78, 5) is 10.2. The van der Waals surface area contributed by atoms with E-state index < -0.39 is 0 Å². The number of hydrogen-bond donors (Lipinski definition) is 0. The maximum atomic E-state index is 10.2. The van der Waals surface area contributed by atoms with Gasteiger partial charge in [0.25, 0.3) is 0 Å². The lowest BCUT2D eigenvalue weighted by Crippen LogP contribution is -2.18. The second-order valence-corrected chi connectivity index (χ2v) is 3.47. The van der Waals surface area contributed by atoms with Crippen molar-refractivity contribution in [2.45, 2.75) is 46.6 Å². The molecule has 11 heavy (non-hydrogen) atoms. The minimum atomic E-state index is -0.0310. The Morgan fingerprint density at radius 2 is 1.82 bits per heavy atom. The quantitative estimate of drug-likeness (QED) is 0.563. The van der Waals surface area contributed by atoms with Crippen molar-refractivity contribution in [2.24, 2.45) is 17.0 Å². The van der Waals surface area contributed by atoms with Crippen molar-refractivity contribution in [1.82, 2.24) is 0 Å². The fourth-order valence-electron chi connectivity index (χ4n) is 1.29. The normalized spacial score (nSPS) is 18.9. The molecule has 0 amide bonds. The average Bonchev–Trinajstić information content (AvgIpc) is 2.02. The van der Waals surface area contributed by atoms with E-state index in [2.05, 4.69) is 25.9 Å². The van der Waals surface area contributed by atoms with E-state index in [1.807, 2.05) is 6.92 Å². The molecule has 0 aromatic heterocycles. The highest BCUT2D eigenvalue weighted by molar-refractivity contribution is 4.72. The smallest absolute Gasteiger partial charge is 0.0919 e. The highest BCUT2D eigenvalue weighted by Crippen LogP contribution is 2.21. The Morgan fingerprint density at radius 3 is 2.18 bits per heavy atom. The van der Waals surface area contributed by atoms with Crippen LogP contribution in [-0.2, 0) is 0 Å². The minimum absolute atomic E-state index is 0.0310. The molecule has 0 N–H and O–H groups in total. The molecule has 0 spiro atoms. The van der Waals surface area contributed by atoms with Gasteiger partial charge in [-0.2, -0.15) is 4.91 Å². The molecule has 0 aromatic rings. The molecule has 0 saturated heterocycles. The van der Waals surface area contributed by atoms with Crippen molar-refractivity contribution in [2.75, 3.05) is 0 Å². The summed E-state index contributed by atoms with van der Waals surface area (Å²) in [5, 5.41) is 3.04.